The van der Waals surface area contributed by atoms with Crippen LogP contribution >= 0.6 is 11.3 Å². The lowest BCUT2D eigenvalue weighted by atomic mass is 10.3. The summed E-state index contributed by atoms with van der Waals surface area (Å²) in [5.41, 5.74) is 1.01. The molecule has 1 fully saturated rings. The summed E-state index contributed by atoms with van der Waals surface area (Å²) in [5, 5.41) is 13.4. The van der Waals surface area contributed by atoms with Crippen molar-refractivity contribution in [2.75, 3.05) is 0 Å². The minimum atomic E-state index is -3.56. The van der Waals surface area contributed by atoms with Crippen molar-refractivity contribution in [1.29, 1.82) is 0 Å². The van der Waals surface area contributed by atoms with E-state index in [-0.39, 0.29) is 16.7 Å². The maximum Gasteiger partial charge on any atom is 0.243 e. The highest BCUT2D eigenvalue weighted by Crippen LogP contribution is 2.34. The third-order valence-electron chi connectivity index (χ3n) is 3.30. The molecule has 0 radical (unpaired) electrons. The second kappa shape index (κ2) is 5.20. The van der Waals surface area contributed by atoms with Gasteiger partial charge in [0.15, 0.2) is 0 Å². The highest BCUT2D eigenvalue weighted by molar-refractivity contribution is 7.89. The van der Waals surface area contributed by atoms with Gasteiger partial charge in [0, 0.05) is 12.6 Å². The van der Waals surface area contributed by atoms with Crippen LogP contribution in [0, 0.1) is 0 Å². The summed E-state index contributed by atoms with van der Waals surface area (Å²) in [6.45, 7) is 0.395. The number of sulfonamides is 1. The van der Waals surface area contributed by atoms with Gasteiger partial charge < -0.3 is 5.11 Å². The Morgan fingerprint density at radius 3 is 2.70 bits per heavy atom. The largest absolute Gasteiger partial charge is 0.508 e. The Hall–Kier alpha value is -1.37. The minimum Gasteiger partial charge on any atom is -0.508 e. The zero-order valence-corrected chi connectivity index (χ0v) is 12.4. The van der Waals surface area contributed by atoms with Crippen molar-refractivity contribution in [3.05, 3.63) is 46.7 Å². The SMILES string of the molecule is O=S(=O)(c1cccc(O)c1)N(Cc1ccsc1)C1CC1. The van der Waals surface area contributed by atoms with Gasteiger partial charge in [-0.3, -0.25) is 0 Å². The molecule has 0 unspecified atom stereocenters. The Bertz CT molecular complexity index is 691. The molecule has 6 heteroatoms. The highest BCUT2D eigenvalue weighted by Gasteiger charge is 2.38. The van der Waals surface area contributed by atoms with Crippen molar-refractivity contribution in [1.82, 2.24) is 4.31 Å². The number of rotatable bonds is 5. The standard InChI is InChI=1S/C14H15NO3S2/c16-13-2-1-3-14(8-13)20(17,18)15(12-4-5-12)9-11-6-7-19-10-11/h1-3,6-8,10,12,16H,4-5,9H2. The van der Waals surface area contributed by atoms with Gasteiger partial charge in [-0.25, -0.2) is 8.42 Å². The van der Waals surface area contributed by atoms with Crippen LogP contribution in [0.25, 0.3) is 0 Å². The Kier molecular flexibility index (Phi) is 3.54. The molecule has 3 rings (SSSR count). The average Bonchev–Trinajstić information content (AvgIpc) is 3.12. The van der Waals surface area contributed by atoms with E-state index in [1.165, 1.54) is 18.2 Å². The van der Waals surface area contributed by atoms with E-state index in [0.717, 1.165) is 18.4 Å². The van der Waals surface area contributed by atoms with Gasteiger partial charge in [0.1, 0.15) is 5.75 Å². The molecule has 1 saturated carbocycles. The molecule has 2 aromatic rings. The fourth-order valence-corrected chi connectivity index (χ4v) is 4.49. The summed E-state index contributed by atoms with van der Waals surface area (Å²) in [7, 11) is -3.56. The van der Waals surface area contributed by atoms with Crippen molar-refractivity contribution >= 4 is 21.4 Å². The van der Waals surface area contributed by atoms with Gasteiger partial charge in [0.05, 0.1) is 4.90 Å². The van der Waals surface area contributed by atoms with E-state index in [1.807, 2.05) is 16.8 Å². The van der Waals surface area contributed by atoms with Crippen molar-refractivity contribution < 1.29 is 13.5 Å². The predicted octanol–water partition coefficient (Wildman–Crippen LogP) is 2.81. The van der Waals surface area contributed by atoms with E-state index < -0.39 is 10.0 Å². The number of phenolic OH excluding ortho intramolecular Hbond substituents is 1. The molecule has 0 amide bonds. The van der Waals surface area contributed by atoms with Crippen LogP contribution in [-0.2, 0) is 16.6 Å². The molecule has 1 N–H and O–H groups in total. The van der Waals surface area contributed by atoms with Crippen molar-refractivity contribution in [2.24, 2.45) is 0 Å². The number of hydrogen-bond donors (Lipinski definition) is 1. The minimum absolute atomic E-state index is 0.0302. The predicted molar refractivity (Wildman–Crippen MR) is 78.2 cm³/mol. The first kappa shape index (κ1) is 13.6. The van der Waals surface area contributed by atoms with Crippen molar-refractivity contribution in [3.63, 3.8) is 0 Å². The van der Waals surface area contributed by atoms with E-state index >= 15 is 0 Å². The van der Waals surface area contributed by atoms with Gasteiger partial charge >= 0.3 is 0 Å². The first-order chi connectivity index (χ1) is 9.57. The van der Waals surface area contributed by atoms with Gasteiger partial charge in [-0.2, -0.15) is 15.6 Å². The molecule has 1 aromatic carbocycles. The summed E-state index contributed by atoms with van der Waals surface area (Å²) in [4.78, 5) is 0.152. The molecule has 1 aliphatic rings. The van der Waals surface area contributed by atoms with Crippen LogP contribution in [0.3, 0.4) is 0 Å². The molecule has 4 nitrogen and oxygen atoms in total. The molecule has 0 bridgehead atoms. The Morgan fingerprint density at radius 1 is 1.30 bits per heavy atom. The van der Waals surface area contributed by atoms with Crippen molar-refractivity contribution in [2.45, 2.75) is 30.3 Å². The number of phenols is 1. The Balaban J connectivity index is 1.94. The number of hydrogen-bond acceptors (Lipinski definition) is 4. The van der Waals surface area contributed by atoms with Gasteiger partial charge in [0.2, 0.25) is 10.0 Å². The summed E-state index contributed by atoms with van der Waals surface area (Å²) < 4.78 is 27.0. The van der Waals surface area contributed by atoms with E-state index in [4.69, 9.17) is 0 Å². The molecule has 1 aliphatic carbocycles. The van der Waals surface area contributed by atoms with Crippen LogP contribution in [0.2, 0.25) is 0 Å². The topological polar surface area (TPSA) is 57.6 Å². The third kappa shape index (κ3) is 2.72. The van der Waals surface area contributed by atoms with Crippen LogP contribution in [0.1, 0.15) is 18.4 Å². The van der Waals surface area contributed by atoms with Crippen molar-refractivity contribution in [3.8, 4) is 5.75 Å². The Labute approximate surface area is 122 Å². The lowest BCUT2D eigenvalue weighted by molar-refractivity contribution is 0.398. The molecule has 1 aromatic heterocycles. The highest BCUT2D eigenvalue weighted by atomic mass is 32.2. The fraction of sp³-hybridized carbons (Fsp3) is 0.286. The summed E-state index contributed by atoms with van der Waals surface area (Å²) in [6, 6.07) is 7.88. The average molecular weight is 309 g/mol. The van der Waals surface area contributed by atoms with Gasteiger partial charge in [-0.15, -0.1) is 0 Å². The maximum atomic E-state index is 12.7. The number of nitrogens with zero attached hydrogens (tertiary/aromatic N) is 1. The zero-order chi connectivity index (χ0) is 14.2. The molecule has 20 heavy (non-hydrogen) atoms. The molecule has 0 aliphatic heterocycles. The monoisotopic (exact) mass is 309 g/mol. The number of benzene rings is 1. The first-order valence-electron chi connectivity index (χ1n) is 6.39. The zero-order valence-electron chi connectivity index (χ0n) is 10.8. The summed E-state index contributed by atoms with van der Waals surface area (Å²) in [6.07, 6.45) is 1.81. The third-order valence-corrected chi connectivity index (χ3v) is 5.92. The fourth-order valence-electron chi connectivity index (χ4n) is 2.11. The van der Waals surface area contributed by atoms with Gasteiger partial charge in [0.25, 0.3) is 0 Å². The lowest BCUT2D eigenvalue weighted by Crippen LogP contribution is -2.32. The molecule has 0 saturated heterocycles. The number of aromatic hydroxyl groups is 1. The lowest BCUT2D eigenvalue weighted by Gasteiger charge is -2.21. The second-order valence-corrected chi connectivity index (χ2v) is 7.58. The van der Waals surface area contributed by atoms with E-state index in [0.29, 0.717) is 6.54 Å². The quantitative estimate of drug-likeness (QED) is 0.924. The first-order valence-corrected chi connectivity index (χ1v) is 8.77. The summed E-state index contributed by atoms with van der Waals surface area (Å²) >= 11 is 1.56. The van der Waals surface area contributed by atoms with Crippen LogP contribution in [0.5, 0.6) is 5.75 Å². The molecule has 0 spiro atoms. The maximum absolute atomic E-state index is 12.7. The Morgan fingerprint density at radius 2 is 2.10 bits per heavy atom. The molecule has 1 heterocycles. The van der Waals surface area contributed by atoms with E-state index in [1.54, 1.807) is 21.7 Å². The molecular weight excluding hydrogens is 294 g/mol. The van der Waals surface area contributed by atoms with E-state index in [9.17, 15) is 13.5 Å². The summed E-state index contributed by atoms with van der Waals surface area (Å²) in [5.74, 6) is -0.0302. The second-order valence-electron chi connectivity index (χ2n) is 4.91. The normalized spacial score (nSPS) is 15.7. The molecular formula is C14H15NO3S2. The van der Waals surface area contributed by atoms with Crippen LogP contribution in [0.15, 0.2) is 46.0 Å². The number of thiophene rings is 1. The van der Waals surface area contributed by atoms with Crippen LogP contribution < -0.4 is 0 Å². The molecule has 106 valence electrons. The van der Waals surface area contributed by atoms with Crippen LogP contribution in [-0.4, -0.2) is 23.9 Å². The molecule has 0 atom stereocenters. The van der Waals surface area contributed by atoms with Gasteiger partial charge in [-0.1, -0.05) is 6.07 Å². The van der Waals surface area contributed by atoms with Crippen LogP contribution in [0.4, 0.5) is 0 Å². The van der Waals surface area contributed by atoms with Gasteiger partial charge in [-0.05, 0) is 53.4 Å². The smallest absolute Gasteiger partial charge is 0.243 e. The van der Waals surface area contributed by atoms with E-state index in [2.05, 4.69) is 0 Å².